The van der Waals surface area contributed by atoms with Crippen molar-refractivity contribution in [2.45, 2.75) is 25.0 Å². The van der Waals surface area contributed by atoms with Crippen LogP contribution in [0.3, 0.4) is 0 Å². The second-order valence-corrected chi connectivity index (χ2v) is 5.52. The number of hydrogen-bond donors (Lipinski definition) is 2. The van der Waals surface area contributed by atoms with Gasteiger partial charge in [0, 0.05) is 25.8 Å². The fraction of sp³-hybridized carbons (Fsp3) is 0.600. The Labute approximate surface area is 129 Å². The molecule has 1 aromatic rings. The first-order chi connectivity index (χ1) is 10.8. The molecule has 120 valence electrons. The molecule has 0 aliphatic carbocycles. The van der Waals surface area contributed by atoms with Crippen LogP contribution < -0.4 is 16.0 Å². The van der Waals surface area contributed by atoms with Crippen molar-refractivity contribution < 1.29 is 14.3 Å². The largest absolute Gasteiger partial charge is 0.378 e. The molecular formula is C15H22N4O3. The van der Waals surface area contributed by atoms with Gasteiger partial charge in [-0.05, 0) is 25.0 Å². The van der Waals surface area contributed by atoms with Crippen molar-refractivity contribution in [1.82, 2.24) is 4.98 Å². The van der Waals surface area contributed by atoms with Gasteiger partial charge in [-0.1, -0.05) is 0 Å². The molecule has 0 spiro atoms. The molecule has 1 aromatic heterocycles. The van der Waals surface area contributed by atoms with Gasteiger partial charge in [-0.2, -0.15) is 0 Å². The second-order valence-electron chi connectivity index (χ2n) is 5.52. The molecular weight excluding hydrogens is 284 g/mol. The van der Waals surface area contributed by atoms with Crippen LogP contribution in [0.1, 0.15) is 12.8 Å². The molecule has 0 saturated carbocycles. The fourth-order valence-electron chi connectivity index (χ4n) is 2.81. The first-order valence-electron chi connectivity index (χ1n) is 7.72. The SMILES string of the molecule is NC[C@H]1CC[C@@H](C(=O)Nc2cccnc2N2CCOCC2)O1. The lowest BCUT2D eigenvalue weighted by atomic mass is 10.2. The molecule has 2 aliphatic rings. The fourth-order valence-corrected chi connectivity index (χ4v) is 2.81. The van der Waals surface area contributed by atoms with Gasteiger partial charge in [0.2, 0.25) is 0 Å². The van der Waals surface area contributed by atoms with Crippen molar-refractivity contribution in [2.75, 3.05) is 43.1 Å². The van der Waals surface area contributed by atoms with Crippen molar-refractivity contribution in [3.05, 3.63) is 18.3 Å². The van der Waals surface area contributed by atoms with Gasteiger partial charge in [0.1, 0.15) is 6.10 Å². The number of rotatable bonds is 4. The number of nitrogens with one attached hydrogen (secondary N) is 1. The molecule has 0 unspecified atom stereocenters. The summed E-state index contributed by atoms with van der Waals surface area (Å²) in [7, 11) is 0. The van der Waals surface area contributed by atoms with Gasteiger partial charge in [0.15, 0.2) is 5.82 Å². The second kappa shape index (κ2) is 7.04. The highest BCUT2D eigenvalue weighted by Gasteiger charge is 2.30. The zero-order valence-corrected chi connectivity index (χ0v) is 12.5. The van der Waals surface area contributed by atoms with Crippen LogP contribution in [0.2, 0.25) is 0 Å². The molecule has 2 atom stereocenters. The van der Waals surface area contributed by atoms with E-state index in [4.69, 9.17) is 15.2 Å². The Bertz CT molecular complexity index is 519. The molecule has 3 N–H and O–H groups in total. The molecule has 2 fully saturated rings. The lowest BCUT2D eigenvalue weighted by molar-refractivity contribution is -0.126. The lowest BCUT2D eigenvalue weighted by Gasteiger charge is -2.29. The zero-order valence-electron chi connectivity index (χ0n) is 12.5. The Hall–Kier alpha value is -1.70. The number of carbonyl (C=O) groups excluding carboxylic acids is 1. The predicted molar refractivity (Wildman–Crippen MR) is 82.8 cm³/mol. The Balaban J connectivity index is 1.68. The Morgan fingerprint density at radius 3 is 2.95 bits per heavy atom. The average molecular weight is 306 g/mol. The lowest BCUT2D eigenvalue weighted by Crippen LogP contribution is -2.38. The van der Waals surface area contributed by atoms with Crippen LogP contribution in [0, 0.1) is 0 Å². The van der Waals surface area contributed by atoms with Gasteiger partial charge in [0.25, 0.3) is 5.91 Å². The number of ether oxygens (including phenoxy) is 2. The Morgan fingerprint density at radius 1 is 1.41 bits per heavy atom. The average Bonchev–Trinajstić information content (AvgIpc) is 3.05. The van der Waals surface area contributed by atoms with Crippen molar-refractivity contribution >= 4 is 17.4 Å². The number of amides is 1. The van der Waals surface area contributed by atoms with E-state index in [1.165, 1.54) is 0 Å². The summed E-state index contributed by atoms with van der Waals surface area (Å²) in [5.74, 6) is 0.658. The van der Waals surface area contributed by atoms with Crippen LogP contribution >= 0.6 is 0 Å². The number of anilines is 2. The molecule has 0 aromatic carbocycles. The van der Waals surface area contributed by atoms with Crippen molar-refractivity contribution in [2.24, 2.45) is 5.73 Å². The molecule has 3 heterocycles. The van der Waals surface area contributed by atoms with E-state index in [0.717, 1.165) is 25.3 Å². The number of pyridine rings is 1. The minimum Gasteiger partial charge on any atom is -0.378 e. The number of nitrogens with two attached hydrogens (primary N) is 1. The number of aromatic nitrogens is 1. The zero-order chi connectivity index (χ0) is 15.4. The predicted octanol–water partition coefficient (Wildman–Crippen LogP) is 0.363. The van der Waals surface area contributed by atoms with Crippen LogP contribution in [-0.4, -0.2) is 55.9 Å². The first-order valence-corrected chi connectivity index (χ1v) is 7.72. The number of hydrogen-bond acceptors (Lipinski definition) is 6. The minimum atomic E-state index is -0.425. The molecule has 2 saturated heterocycles. The van der Waals surface area contributed by atoms with E-state index >= 15 is 0 Å². The van der Waals surface area contributed by atoms with E-state index in [0.29, 0.717) is 31.9 Å². The maximum absolute atomic E-state index is 12.4. The topological polar surface area (TPSA) is 89.7 Å². The van der Waals surface area contributed by atoms with Gasteiger partial charge < -0.3 is 25.4 Å². The van der Waals surface area contributed by atoms with Crippen molar-refractivity contribution in [3.63, 3.8) is 0 Å². The van der Waals surface area contributed by atoms with Crippen LogP contribution in [0.5, 0.6) is 0 Å². The maximum Gasteiger partial charge on any atom is 0.253 e. The third kappa shape index (κ3) is 3.37. The molecule has 7 nitrogen and oxygen atoms in total. The third-order valence-electron chi connectivity index (χ3n) is 4.02. The molecule has 1 amide bonds. The van der Waals surface area contributed by atoms with Crippen LogP contribution in [0.15, 0.2) is 18.3 Å². The highest BCUT2D eigenvalue weighted by molar-refractivity contribution is 5.96. The molecule has 0 radical (unpaired) electrons. The standard InChI is InChI=1S/C15H22N4O3/c16-10-11-3-4-13(22-11)15(20)18-12-2-1-5-17-14(12)19-6-8-21-9-7-19/h1-2,5,11,13H,3-4,6-10,16H2,(H,18,20)/t11-,13+/m1/s1. The van der Waals surface area contributed by atoms with E-state index < -0.39 is 6.10 Å². The summed E-state index contributed by atoms with van der Waals surface area (Å²) in [4.78, 5) is 18.9. The number of nitrogens with zero attached hydrogens (tertiary/aromatic N) is 2. The smallest absolute Gasteiger partial charge is 0.253 e. The highest BCUT2D eigenvalue weighted by atomic mass is 16.5. The summed E-state index contributed by atoms with van der Waals surface area (Å²) in [6.45, 7) is 3.35. The van der Waals surface area contributed by atoms with Crippen molar-refractivity contribution in [3.8, 4) is 0 Å². The van der Waals surface area contributed by atoms with Gasteiger partial charge in [0.05, 0.1) is 25.0 Å². The van der Waals surface area contributed by atoms with E-state index in [1.807, 2.05) is 12.1 Å². The summed E-state index contributed by atoms with van der Waals surface area (Å²) < 4.78 is 11.0. The van der Waals surface area contributed by atoms with E-state index in [9.17, 15) is 4.79 Å². The molecule has 22 heavy (non-hydrogen) atoms. The molecule has 0 bridgehead atoms. The van der Waals surface area contributed by atoms with Crippen LogP contribution in [0.25, 0.3) is 0 Å². The monoisotopic (exact) mass is 306 g/mol. The van der Waals surface area contributed by atoms with Gasteiger partial charge in [-0.15, -0.1) is 0 Å². The first kappa shape index (κ1) is 15.2. The Kier molecular flexibility index (Phi) is 4.87. The summed E-state index contributed by atoms with van der Waals surface area (Å²) in [5.41, 5.74) is 6.30. The van der Waals surface area contributed by atoms with Crippen LogP contribution in [-0.2, 0) is 14.3 Å². The highest BCUT2D eigenvalue weighted by Crippen LogP contribution is 2.25. The third-order valence-corrected chi connectivity index (χ3v) is 4.02. The molecule has 3 rings (SSSR count). The Morgan fingerprint density at radius 2 is 2.23 bits per heavy atom. The summed E-state index contributed by atoms with van der Waals surface area (Å²) in [6, 6.07) is 3.68. The molecule has 2 aliphatic heterocycles. The van der Waals surface area contributed by atoms with E-state index in [2.05, 4.69) is 15.2 Å². The number of carbonyl (C=O) groups is 1. The van der Waals surface area contributed by atoms with Crippen molar-refractivity contribution in [1.29, 1.82) is 0 Å². The minimum absolute atomic E-state index is 0.0108. The number of morpholine rings is 1. The van der Waals surface area contributed by atoms with Gasteiger partial charge in [-0.3, -0.25) is 4.79 Å². The quantitative estimate of drug-likeness (QED) is 0.835. The summed E-state index contributed by atoms with van der Waals surface area (Å²) in [5, 5.41) is 2.94. The maximum atomic E-state index is 12.4. The normalized spacial score (nSPS) is 25.2. The van der Waals surface area contributed by atoms with E-state index in [1.54, 1.807) is 6.20 Å². The summed E-state index contributed by atoms with van der Waals surface area (Å²) >= 11 is 0. The van der Waals surface area contributed by atoms with Gasteiger partial charge in [-0.25, -0.2) is 4.98 Å². The summed E-state index contributed by atoms with van der Waals surface area (Å²) in [6.07, 6.45) is 2.84. The molecule has 7 heteroatoms. The van der Waals surface area contributed by atoms with Gasteiger partial charge >= 0.3 is 0 Å². The van der Waals surface area contributed by atoms with Crippen LogP contribution in [0.4, 0.5) is 11.5 Å². The van der Waals surface area contributed by atoms with E-state index in [-0.39, 0.29) is 12.0 Å².